The number of anilines is 1. The van der Waals surface area contributed by atoms with Crippen LogP contribution in [0.25, 0.3) is 11.3 Å². The summed E-state index contributed by atoms with van der Waals surface area (Å²) in [4.78, 5) is 13.8. The number of aromatic amines is 1. The zero-order chi connectivity index (χ0) is 18.1. The molecule has 0 spiro atoms. The molecule has 0 saturated carbocycles. The first-order chi connectivity index (χ1) is 12.6. The van der Waals surface area contributed by atoms with E-state index in [2.05, 4.69) is 39.4 Å². The number of nitrogens with zero attached hydrogens (tertiary/aromatic N) is 2. The lowest BCUT2D eigenvalue weighted by Gasteiger charge is -2.31. The summed E-state index contributed by atoms with van der Waals surface area (Å²) in [5.74, 6) is -0.366. The highest BCUT2D eigenvalue weighted by atomic mass is 16.1. The van der Waals surface area contributed by atoms with Gasteiger partial charge < -0.3 is 10.6 Å². The lowest BCUT2D eigenvalue weighted by atomic mass is 9.98. The van der Waals surface area contributed by atoms with Gasteiger partial charge in [0.1, 0.15) is 0 Å². The third-order valence-corrected chi connectivity index (χ3v) is 4.92. The van der Waals surface area contributed by atoms with Gasteiger partial charge >= 0.3 is 0 Å². The molecule has 5 heteroatoms. The molecular weight excluding hydrogens is 324 g/mol. The summed E-state index contributed by atoms with van der Waals surface area (Å²) >= 11 is 0. The Morgan fingerprint density at radius 3 is 2.69 bits per heavy atom. The molecule has 2 aromatic carbocycles. The van der Waals surface area contributed by atoms with E-state index in [0.717, 1.165) is 42.9 Å². The first kappa shape index (κ1) is 16.4. The molecule has 0 bridgehead atoms. The standard InChI is InChI=1S/C21H22N4O/c1-14-11-19(24-23-14)16-6-4-15(5-7-16)13-25-10-2-3-17-12-18(21(22)26)8-9-20(17)25/h4-9,11-12H,2-3,10,13H2,1H3,(H2,22,26)(H,23,24). The normalized spacial score (nSPS) is 13.5. The third kappa shape index (κ3) is 3.20. The number of carbonyl (C=O) groups excluding carboxylic acids is 1. The zero-order valence-electron chi connectivity index (χ0n) is 14.8. The number of nitrogens with two attached hydrogens (primary N) is 1. The Morgan fingerprint density at radius 1 is 1.19 bits per heavy atom. The Hall–Kier alpha value is -3.08. The molecule has 5 nitrogen and oxygen atoms in total. The number of aromatic nitrogens is 2. The topological polar surface area (TPSA) is 75.0 Å². The van der Waals surface area contributed by atoms with Gasteiger partial charge in [0.15, 0.2) is 0 Å². The summed E-state index contributed by atoms with van der Waals surface area (Å²) in [5.41, 5.74) is 12.8. The van der Waals surface area contributed by atoms with Crippen LogP contribution in [0.5, 0.6) is 0 Å². The number of amides is 1. The number of carbonyl (C=O) groups is 1. The van der Waals surface area contributed by atoms with Gasteiger partial charge in [-0.3, -0.25) is 9.89 Å². The van der Waals surface area contributed by atoms with Gasteiger partial charge in [-0.05, 0) is 60.7 Å². The van der Waals surface area contributed by atoms with E-state index >= 15 is 0 Å². The average Bonchev–Trinajstić information content (AvgIpc) is 3.08. The Labute approximate surface area is 152 Å². The molecule has 1 aliphatic rings. The van der Waals surface area contributed by atoms with Crippen molar-refractivity contribution in [1.29, 1.82) is 0 Å². The van der Waals surface area contributed by atoms with Gasteiger partial charge in [-0.25, -0.2) is 0 Å². The molecule has 0 aliphatic carbocycles. The van der Waals surface area contributed by atoms with Crippen molar-refractivity contribution in [2.75, 3.05) is 11.4 Å². The number of fused-ring (bicyclic) bond motifs is 1. The maximum Gasteiger partial charge on any atom is 0.248 e. The number of hydrogen-bond donors (Lipinski definition) is 2. The number of benzene rings is 2. The highest BCUT2D eigenvalue weighted by Crippen LogP contribution is 2.29. The van der Waals surface area contributed by atoms with E-state index in [1.165, 1.54) is 16.8 Å². The van der Waals surface area contributed by atoms with Gasteiger partial charge in [0, 0.05) is 24.3 Å². The minimum atomic E-state index is -0.366. The second-order valence-corrected chi connectivity index (χ2v) is 6.85. The molecule has 0 fully saturated rings. The van der Waals surface area contributed by atoms with Gasteiger partial charge in [-0.1, -0.05) is 24.3 Å². The monoisotopic (exact) mass is 346 g/mol. The van der Waals surface area contributed by atoms with Crippen LogP contribution in [0.2, 0.25) is 0 Å². The van der Waals surface area contributed by atoms with E-state index in [1.807, 2.05) is 31.2 Å². The number of nitrogens with one attached hydrogen (secondary N) is 1. The van der Waals surface area contributed by atoms with Crippen LogP contribution in [0.15, 0.2) is 48.5 Å². The number of rotatable bonds is 4. The minimum absolute atomic E-state index is 0.366. The van der Waals surface area contributed by atoms with Crippen molar-refractivity contribution < 1.29 is 4.79 Å². The van der Waals surface area contributed by atoms with Gasteiger partial charge in [0.05, 0.1) is 11.4 Å². The molecule has 1 aliphatic heterocycles. The lowest BCUT2D eigenvalue weighted by Crippen LogP contribution is -2.29. The molecule has 1 amide bonds. The molecule has 3 aromatic rings. The predicted octanol–water partition coefficient (Wildman–Crippen LogP) is 3.44. The number of aryl methyl sites for hydroxylation is 2. The van der Waals surface area contributed by atoms with Gasteiger partial charge in [0.2, 0.25) is 5.91 Å². The van der Waals surface area contributed by atoms with E-state index in [9.17, 15) is 4.79 Å². The van der Waals surface area contributed by atoms with Crippen LogP contribution >= 0.6 is 0 Å². The van der Waals surface area contributed by atoms with Crippen molar-refractivity contribution in [3.8, 4) is 11.3 Å². The molecule has 26 heavy (non-hydrogen) atoms. The summed E-state index contributed by atoms with van der Waals surface area (Å²) in [5, 5.41) is 7.24. The predicted molar refractivity (Wildman–Crippen MR) is 103 cm³/mol. The quantitative estimate of drug-likeness (QED) is 0.760. The smallest absolute Gasteiger partial charge is 0.248 e. The first-order valence-electron chi connectivity index (χ1n) is 8.89. The average molecular weight is 346 g/mol. The summed E-state index contributed by atoms with van der Waals surface area (Å²) in [7, 11) is 0. The molecule has 0 radical (unpaired) electrons. The molecule has 0 saturated heterocycles. The van der Waals surface area contributed by atoms with Crippen LogP contribution in [0, 0.1) is 6.92 Å². The maximum atomic E-state index is 11.4. The summed E-state index contributed by atoms with van der Waals surface area (Å²) in [6, 6.07) is 16.4. The second-order valence-electron chi connectivity index (χ2n) is 6.85. The Kier molecular flexibility index (Phi) is 4.21. The van der Waals surface area contributed by atoms with E-state index in [1.54, 1.807) is 0 Å². The summed E-state index contributed by atoms with van der Waals surface area (Å²) < 4.78 is 0. The minimum Gasteiger partial charge on any atom is -0.367 e. The van der Waals surface area contributed by atoms with Crippen molar-refractivity contribution >= 4 is 11.6 Å². The van der Waals surface area contributed by atoms with Crippen molar-refractivity contribution in [3.05, 3.63) is 70.9 Å². The molecule has 0 atom stereocenters. The first-order valence-corrected chi connectivity index (χ1v) is 8.89. The maximum absolute atomic E-state index is 11.4. The third-order valence-electron chi connectivity index (χ3n) is 4.92. The molecule has 132 valence electrons. The summed E-state index contributed by atoms with van der Waals surface area (Å²) in [6.45, 7) is 3.85. The van der Waals surface area contributed by atoms with Crippen molar-refractivity contribution in [2.24, 2.45) is 5.73 Å². The molecule has 1 aromatic heterocycles. The fourth-order valence-corrected chi connectivity index (χ4v) is 3.57. The van der Waals surface area contributed by atoms with E-state index in [-0.39, 0.29) is 5.91 Å². The molecule has 0 unspecified atom stereocenters. The van der Waals surface area contributed by atoms with Crippen LogP contribution in [0.4, 0.5) is 5.69 Å². The number of primary amides is 1. The van der Waals surface area contributed by atoms with Crippen LogP contribution in [-0.4, -0.2) is 22.6 Å². The highest BCUT2D eigenvalue weighted by molar-refractivity contribution is 5.93. The lowest BCUT2D eigenvalue weighted by molar-refractivity contribution is 0.1000. The van der Waals surface area contributed by atoms with Crippen molar-refractivity contribution in [2.45, 2.75) is 26.3 Å². The van der Waals surface area contributed by atoms with Crippen LogP contribution in [0.3, 0.4) is 0 Å². The van der Waals surface area contributed by atoms with Crippen LogP contribution < -0.4 is 10.6 Å². The van der Waals surface area contributed by atoms with E-state index in [0.29, 0.717) is 5.56 Å². The Morgan fingerprint density at radius 2 is 2.00 bits per heavy atom. The van der Waals surface area contributed by atoms with Gasteiger partial charge in [-0.15, -0.1) is 0 Å². The van der Waals surface area contributed by atoms with Gasteiger partial charge in [-0.2, -0.15) is 5.10 Å². The van der Waals surface area contributed by atoms with E-state index in [4.69, 9.17) is 5.73 Å². The number of H-pyrrole nitrogens is 1. The van der Waals surface area contributed by atoms with Gasteiger partial charge in [0.25, 0.3) is 0 Å². The number of hydrogen-bond acceptors (Lipinski definition) is 3. The fourth-order valence-electron chi connectivity index (χ4n) is 3.57. The SMILES string of the molecule is Cc1cc(-c2ccc(CN3CCCc4cc(C(N)=O)ccc43)cc2)[nH]n1. The molecular formula is C21H22N4O. The van der Waals surface area contributed by atoms with Crippen LogP contribution in [0.1, 0.15) is 33.6 Å². The Bertz CT molecular complexity index is 943. The van der Waals surface area contributed by atoms with E-state index < -0.39 is 0 Å². The second kappa shape index (κ2) is 6.67. The molecule has 3 N–H and O–H groups in total. The summed E-state index contributed by atoms with van der Waals surface area (Å²) in [6.07, 6.45) is 2.08. The highest BCUT2D eigenvalue weighted by Gasteiger charge is 2.18. The molecule has 2 heterocycles. The van der Waals surface area contributed by atoms with Crippen molar-refractivity contribution in [1.82, 2.24) is 10.2 Å². The zero-order valence-corrected chi connectivity index (χ0v) is 14.8. The Balaban J connectivity index is 1.54. The van der Waals surface area contributed by atoms with Crippen LogP contribution in [-0.2, 0) is 13.0 Å². The molecule has 4 rings (SSSR count). The fraction of sp³-hybridized carbons (Fsp3) is 0.238. The largest absolute Gasteiger partial charge is 0.367 e. The van der Waals surface area contributed by atoms with Crippen molar-refractivity contribution in [3.63, 3.8) is 0 Å².